The summed E-state index contributed by atoms with van der Waals surface area (Å²) in [5.41, 5.74) is 14.2. The molecule has 0 aliphatic carbocycles. The lowest BCUT2D eigenvalue weighted by atomic mass is 9.93. The van der Waals surface area contributed by atoms with E-state index in [2.05, 4.69) is 0 Å². The molecule has 3 rings (SSSR count). The zero-order valence-corrected chi connectivity index (χ0v) is 11.7. The average molecular weight is 298 g/mol. The minimum atomic E-state index is -0.736. The van der Waals surface area contributed by atoms with Crippen molar-refractivity contribution in [1.82, 2.24) is 0 Å². The highest BCUT2D eigenvalue weighted by atomic mass is 19.1. The van der Waals surface area contributed by atoms with Gasteiger partial charge in [0, 0.05) is 0 Å². The molecular formula is C16H15FN4O. The number of carbonyl (C=O) groups excluding carboxylic acids is 1. The standard InChI is InChI=1S/C16H15FN4O/c17-12-3-1-2-9(7-12)10-4-5-14-11(6-10)8-13(18)15(19)21(14)16(20)22/h1-7,13,19H,8,18H2,(H2,20,22). The van der Waals surface area contributed by atoms with Crippen molar-refractivity contribution in [3.63, 3.8) is 0 Å². The predicted molar refractivity (Wildman–Crippen MR) is 83.3 cm³/mol. The number of fused-ring (bicyclic) bond motifs is 1. The molecule has 0 radical (unpaired) electrons. The lowest BCUT2D eigenvalue weighted by Crippen LogP contribution is -2.52. The van der Waals surface area contributed by atoms with E-state index in [0.717, 1.165) is 21.6 Å². The molecule has 112 valence electrons. The molecule has 1 heterocycles. The molecule has 2 aromatic carbocycles. The molecule has 0 spiro atoms. The number of nitrogens with two attached hydrogens (primary N) is 2. The fourth-order valence-corrected chi connectivity index (χ4v) is 2.68. The first kappa shape index (κ1) is 14.2. The summed E-state index contributed by atoms with van der Waals surface area (Å²) >= 11 is 0. The third-order valence-corrected chi connectivity index (χ3v) is 3.73. The van der Waals surface area contributed by atoms with Gasteiger partial charge in [-0.3, -0.25) is 5.41 Å². The van der Waals surface area contributed by atoms with Crippen molar-refractivity contribution in [1.29, 1.82) is 5.41 Å². The third kappa shape index (κ3) is 2.33. The molecule has 5 nitrogen and oxygen atoms in total. The van der Waals surface area contributed by atoms with Crippen LogP contribution in [0.5, 0.6) is 0 Å². The van der Waals surface area contributed by atoms with Crippen molar-refractivity contribution in [2.24, 2.45) is 11.5 Å². The summed E-state index contributed by atoms with van der Waals surface area (Å²) in [5, 5.41) is 7.91. The maximum absolute atomic E-state index is 13.4. The summed E-state index contributed by atoms with van der Waals surface area (Å²) in [7, 11) is 0. The minimum Gasteiger partial charge on any atom is -0.351 e. The van der Waals surface area contributed by atoms with Gasteiger partial charge in [0.25, 0.3) is 0 Å². The number of benzene rings is 2. The normalized spacial score (nSPS) is 17.3. The van der Waals surface area contributed by atoms with Crippen LogP contribution >= 0.6 is 0 Å². The molecule has 5 N–H and O–H groups in total. The van der Waals surface area contributed by atoms with Crippen LogP contribution in [0.1, 0.15) is 5.56 Å². The molecule has 1 atom stereocenters. The zero-order chi connectivity index (χ0) is 15.9. The summed E-state index contributed by atoms with van der Waals surface area (Å²) in [5.74, 6) is -0.328. The Morgan fingerprint density at radius 2 is 1.95 bits per heavy atom. The first-order valence-electron chi connectivity index (χ1n) is 6.80. The summed E-state index contributed by atoms with van der Waals surface area (Å²) in [6.07, 6.45) is 0.432. The van der Waals surface area contributed by atoms with Crippen molar-refractivity contribution in [3.8, 4) is 11.1 Å². The second-order valence-electron chi connectivity index (χ2n) is 5.22. The Morgan fingerprint density at radius 1 is 1.23 bits per heavy atom. The van der Waals surface area contributed by atoms with E-state index in [0.29, 0.717) is 12.1 Å². The molecule has 0 saturated carbocycles. The van der Waals surface area contributed by atoms with E-state index in [1.165, 1.54) is 12.1 Å². The highest BCUT2D eigenvalue weighted by Crippen LogP contribution is 2.32. The topological polar surface area (TPSA) is 96.2 Å². The first-order chi connectivity index (χ1) is 10.5. The van der Waals surface area contributed by atoms with Gasteiger partial charge in [-0.2, -0.15) is 0 Å². The van der Waals surface area contributed by atoms with E-state index >= 15 is 0 Å². The SMILES string of the molecule is N=C1C(N)Cc2cc(-c3cccc(F)c3)ccc2N1C(N)=O. The number of carbonyl (C=O) groups is 1. The summed E-state index contributed by atoms with van der Waals surface area (Å²) < 4.78 is 13.4. The molecule has 1 unspecified atom stereocenters. The summed E-state index contributed by atoms with van der Waals surface area (Å²) in [6.45, 7) is 0. The fourth-order valence-electron chi connectivity index (χ4n) is 2.68. The fraction of sp³-hybridized carbons (Fsp3) is 0.125. The monoisotopic (exact) mass is 298 g/mol. The zero-order valence-electron chi connectivity index (χ0n) is 11.7. The highest BCUT2D eigenvalue weighted by molar-refractivity contribution is 6.18. The van der Waals surface area contributed by atoms with Crippen LogP contribution in [-0.4, -0.2) is 17.9 Å². The molecule has 2 aromatic rings. The van der Waals surface area contributed by atoms with Gasteiger partial charge in [-0.1, -0.05) is 18.2 Å². The van der Waals surface area contributed by atoms with E-state index in [1.54, 1.807) is 18.2 Å². The number of urea groups is 1. The van der Waals surface area contributed by atoms with Crippen LogP contribution in [0, 0.1) is 11.2 Å². The molecule has 1 aliphatic rings. The maximum atomic E-state index is 13.4. The number of nitrogens with one attached hydrogen (secondary N) is 1. The Bertz CT molecular complexity index is 774. The van der Waals surface area contributed by atoms with E-state index < -0.39 is 12.1 Å². The van der Waals surface area contributed by atoms with Gasteiger partial charge in [0.1, 0.15) is 11.7 Å². The molecule has 0 fully saturated rings. The lowest BCUT2D eigenvalue weighted by molar-refractivity contribution is 0.256. The quantitative estimate of drug-likeness (QED) is 0.752. The smallest absolute Gasteiger partial charge is 0.324 e. The molecule has 0 bridgehead atoms. The van der Waals surface area contributed by atoms with Gasteiger partial charge in [0.2, 0.25) is 0 Å². The molecule has 6 heteroatoms. The van der Waals surface area contributed by atoms with Crippen molar-refractivity contribution in [2.45, 2.75) is 12.5 Å². The summed E-state index contributed by atoms with van der Waals surface area (Å²) in [6, 6.07) is 10.3. The van der Waals surface area contributed by atoms with Gasteiger partial charge in [0.15, 0.2) is 0 Å². The van der Waals surface area contributed by atoms with Crippen LogP contribution in [-0.2, 0) is 6.42 Å². The predicted octanol–water partition coefficient (Wildman–Crippen LogP) is 2.24. The molecule has 0 saturated heterocycles. The van der Waals surface area contributed by atoms with Gasteiger partial charge in [0.05, 0.1) is 11.7 Å². The van der Waals surface area contributed by atoms with E-state index in [9.17, 15) is 9.18 Å². The van der Waals surface area contributed by atoms with Crippen LogP contribution in [0.3, 0.4) is 0 Å². The largest absolute Gasteiger partial charge is 0.351 e. The molecule has 22 heavy (non-hydrogen) atoms. The second-order valence-corrected chi connectivity index (χ2v) is 5.22. The van der Waals surface area contributed by atoms with Crippen LogP contribution in [0.25, 0.3) is 11.1 Å². The lowest BCUT2D eigenvalue weighted by Gasteiger charge is -2.32. The Labute approximate surface area is 126 Å². The van der Waals surface area contributed by atoms with Gasteiger partial charge in [-0.05, 0) is 47.4 Å². The number of halogens is 1. The Morgan fingerprint density at radius 3 is 2.64 bits per heavy atom. The average Bonchev–Trinajstić information content (AvgIpc) is 2.47. The van der Waals surface area contributed by atoms with E-state index in [1.807, 2.05) is 12.1 Å². The number of hydrogen-bond donors (Lipinski definition) is 3. The van der Waals surface area contributed by atoms with Gasteiger partial charge in [-0.15, -0.1) is 0 Å². The molecule has 2 amide bonds. The van der Waals surface area contributed by atoms with Crippen molar-refractivity contribution < 1.29 is 9.18 Å². The number of hydrogen-bond acceptors (Lipinski definition) is 3. The van der Waals surface area contributed by atoms with Gasteiger partial charge >= 0.3 is 6.03 Å². The van der Waals surface area contributed by atoms with Crippen LogP contribution in [0.15, 0.2) is 42.5 Å². The van der Waals surface area contributed by atoms with E-state index in [4.69, 9.17) is 16.9 Å². The Kier molecular flexibility index (Phi) is 3.38. The van der Waals surface area contributed by atoms with Crippen LogP contribution in [0.4, 0.5) is 14.9 Å². The minimum absolute atomic E-state index is 0.0153. The Hall–Kier alpha value is -2.73. The number of amidine groups is 1. The second kappa shape index (κ2) is 5.23. The molecule has 1 aliphatic heterocycles. The van der Waals surface area contributed by atoms with Crippen molar-refractivity contribution in [3.05, 3.63) is 53.8 Å². The third-order valence-electron chi connectivity index (χ3n) is 3.73. The Balaban J connectivity index is 2.09. The van der Waals surface area contributed by atoms with Crippen molar-refractivity contribution >= 4 is 17.6 Å². The van der Waals surface area contributed by atoms with Gasteiger partial charge in [-0.25, -0.2) is 14.1 Å². The number of nitrogens with zero attached hydrogens (tertiary/aromatic N) is 1. The highest BCUT2D eigenvalue weighted by Gasteiger charge is 2.30. The number of amides is 2. The maximum Gasteiger partial charge on any atom is 0.324 e. The molecule has 0 aromatic heterocycles. The molecular weight excluding hydrogens is 283 g/mol. The van der Waals surface area contributed by atoms with Gasteiger partial charge < -0.3 is 11.5 Å². The number of anilines is 1. The number of rotatable bonds is 1. The van der Waals surface area contributed by atoms with E-state index in [-0.39, 0.29) is 11.7 Å². The van der Waals surface area contributed by atoms with Crippen LogP contribution < -0.4 is 16.4 Å². The first-order valence-corrected chi connectivity index (χ1v) is 6.80. The van der Waals surface area contributed by atoms with Crippen molar-refractivity contribution in [2.75, 3.05) is 4.90 Å². The van der Waals surface area contributed by atoms with Crippen LogP contribution in [0.2, 0.25) is 0 Å². The number of primary amides is 1. The summed E-state index contributed by atoms with van der Waals surface area (Å²) in [4.78, 5) is 12.7.